The first-order valence-electron chi connectivity index (χ1n) is 12.2. The van der Waals surface area contributed by atoms with Gasteiger partial charge in [-0.3, -0.25) is 9.59 Å². The van der Waals surface area contributed by atoms with Gasteiger partial charge in [0, 0.05) is 40.8 Å². The molecule has 1 saturated heterocycles. The number of piperidine rings is 1. The fourth-order valence-corrected chi connectivity index (χ4v) is 4.81. The Hall–Kier alpha value is -2.85. The summed E-state index contributed by atoms with van der Waals surface area (Å²) in [7, 11) is 4.66. The SMILES string of the molecule is CN(C)C(=O)c1ccc(N2CCC(CCCN(C)C(=O)[C@@](N)(c3ccccc3)C(F)(F)F)CC2)nc1Cl. The number of nitrogens with zero attached hydrogens (tertiary/aromatic N) is 4. The van der Waals surface area contributed by atoms with Crippen molar-refractivity contribution in [2.24, 2.45) is 11.7 Å². The van der Waals surface area contributed by atoms with E-state index in [2.05, 4.69) is 9.88 Å². The molecule has 2 amide bonds. The van der Waals surface area contributed by atoms with Gasteiger partial charge in [0.25, 0.3) is 11.8 Å². The zero-order valence-electron chi connectivity index (χ0n) is 21.3. The Kier molecular flexibility index (Phi) is 9.07. The number of benzene rings is 1. The summed E-state index contributed by atoms with van der Waals surface area (Å²) in [6.45, 7) is 1.68. The molecule has 7 nitrogen and oxygen atoms in total. The Morgan fingerprint density at radius 2 is 1.70 bits per heavy atom. The third kappa shape index (κ3) is 6.35. The summed E-state index contributed by atoms with van der Waals surface area (Å²) in [5, 5.41) is 0.163. The first-order valence-corrected chi connectivity index (χ1v) is 12.5. The average molecular weight is 540 g/mol. The van der Waals surface area contributed by atoms with Crippen LogP contribution < -0.4 is 10.6 Å². The molecule has 0 aliphatic carbocycles. The molecule has 1 aromatic heterocycles. The molecule has 202 valence electrons. The molecular formula is C26H33ClF3N5O2. The zero-order valence-corrected chi connectivity index (χ0v) is 22.0. The van der Waals surface area contributed by atoms with Gasteiger partial charge < -0.3 is 20.4 Å². The Labute approximate surface area is 220 Å². The lowest BCUT2D eigenvalue weighted by molar-refractivity contribution is -0.200. The molecule has 11 heteroatoms. The number of carbonyl (C=O) groups is 2. The quantitative estimate of drug-likeness (QED) is 0.506. The van der Waals surface area contributed by atoms with Gasteiger partial charge in [-0.1, -0.05) is 41.9 Å². The summed E-state index contributed by atoms with van der Waals surface area (Å²) in [5.41, 5.74) is 2.70. The molecule has 0 radical (unpaired) electrons. The molecule has 37 heavy (non-hydrogen) atoms. The number of pyridine rings is 1. The van der Waals surface area contributed by atoms with E-state index in [4.69, 9.17) is 17.3 Å². The molecule has 3 rings (SSSR count). The summed E-state index contributed by atoms with van der Waals surface area (Å²) < 4.78 is 41.7. The van der Waals surface area contributed by atoms with Crippen LogP contribution in [0.15, 0.2) is 42.5 Å². The summed E-state index contributed by atoms with van der Waals surface area (Å²) in [4.78, 5) is 34.0. The van der Waals surface area contributed by atoms with E-state index in [1.807, 2.05) is 0 Å². The van der Waals surface area contributed by atoms with Gasteiger partial charge in [-0.05, 0) is 49.3 Å². The predicted molar refractivity (Wildman–Crippen MR) is 137 cm³/mol. The van der Waals surface area contributed by atoms with E-state index < -0.39 is 17.6 Å². The van der Waals surface area contributed by atoms with Crippen molar-refractivity contribution in [2.45, 2.75) is 37.4 Å². The second kappa shape index (κ2) is 11.7. The van der Waals surface area contributed by atoms with Crippen molar-refractivity contribution in [3.8, 4) is 0 Å². The standard InChI is InChI=1S/C26H33ClF3N5O2/c1-33(2)23(36)20-11-12-21(32-22(20)27)35-16-13-18(14-17-35)8-7-15-34(3)24(37)25(31,26(28,29)30)19-9-5-4-6-10-19/h4-6,9-12,18H,7-8,13-17,31H2,1-3H3/t25-/m0/s1. The Morgan fingerprint density at radius 3 is 2.24 bits per heavy atom. The molecule has 1 atom stereocenters. The summed E-state index contributed by atoms with van der Waals surface area (Å²) in [5.74, 6) is -0.294. The number of nitrogens with two attached hydrogens (primary N) is 1. The number of rotatable bonds is 8. The molecule has 1 aliphatic rings. The predicted octanol–water partition coefficient (Wildman–Crippen LogP) is 4.31. The summed E-state index contributed by atoms with van der Waals surface area (Å²) >= 11 is 6.24. The molecule has 2 N–H and O–H groups in total. The van der Waals surface area contributed by atoms with Crippen LogP contribution in [0.2, 0.25) is 5.15 Å². The number of hydrogen-bond donors (Lipinski definition) is 1. The van der Waals surface area contributed by atoms with Gasteiger partial charge >= 0.3 is 6.18 Å². The maximum atomic E-state index is 13.9. The third-order valence-electron chi connectivity index (χ3n) is 6.88. The van der Waals surface area contributed by atoms with Crippen molar-refractivity contribution in [1.29, 1.82) is 0 Å². The van der Waals surface area contributed by atoms with Crippen LogP contribution in [0.3, 0.4) is 0 Å². The summed E-state index contributed by atoms with van der Waals surface area (Å²) in [6.07, 6.45) is -1.82. The lowest BCUT2D eigenvalue weighted by Gasteiger charge is -2.35. The lowest BCUT2D eigenvalue weighted by atomic mass is 9.88. The zero-order chi connectivity index (χ0) is 27.4. The molecule has 0 saturated carbocycles. The number of amides is 2. The van der Waals surface area contributed by atoms with Gasteiger partial charge in [0.1, 0.15) is 11.0 Å². The van der Waals surface area contributed by atoms with Gasteiger partial charge in [-0.25, -0.2) is 4.98 Å². The van der Waals surface area contributed by atoms with Gasteiger partial charge in [0.15, 0.2) is 0 Å². The highest BCUT2D eigenvalue weighted by molar-refractivity contribution is 6.32. The highest BCUT2D eigenvalue weighted by atomic mass is 35.5. The fourth-order valence-electron chi connectivity index (χ4n) is 4.58. The maximum Gasteiger partial charge on any atom is 0.419 e. The van der Waals surface area contributed by atoms with Crippen LogP contribution >= 0.6 is 11.6 Å². The first kappa shape index (κ1) is 28.7. The molecule has 0 spiro atoms. The van der Waals surface area contributed by atoms with E-state index in [-0.39, 0.29) is 23.2 Å². The van der Waals surface area contributed by atoms with Gasteiger partial charge in [0.05, 0.1) is 5.56 Å². The molecule has 0 unspecified atom stereocenters. The highest BCUT2D eigenvalue weighted by Gasteiger charge is 2.59. The summed E-state index contributed by atoms with van der Waals surface area (Å²) in [6, 6.07) is 10.4. The number of halogens is 4. The maximum absolute atomic E-state index is 13.9. The Bertz CT molecular complexity index is 1090. The molecule has 2 aromatic rings. The minimum atomic E-state index is -4.93. The number of aromatic nitrogens is 1. The van der Waals surface area contributed by atoms with E-state index in [9.17, 15) is 22.8 Å². The van der Waals surface area contributed by atoms with Crippen LogP contribution in [0.1, 0.15) is 41.6 Å². The second-order valence-corrected chi connectivity index (χ2v) is 10.0. The van der Waals surface area contributed by atoms with Gasteiger partial charge in [0.2, 0.25) is 5.54 Å². The Balaban J connectivity index is 1.52. The minimum absolute atomic E-state index is 0.163. The fraction of sp³-hybridized carbons (Fsp3) is 0.500. The van der Waals surface area contributed by atoms with Gasteiger partial charge in [-0.2, -0.15) is 13.2 Å². The Morgan fingerprint density at radius 1 is 1.08 bits per heavy atom. The topological polar surface area (TPSA) is 82.8 Å². The third-order valence-corrected chi connectivity index (χ3v) is 7.16. The van der Waals surface area contributed by atoms with Crippen LogP contribution in [0.5, 0.6) is 0 Å². The van der Waals surface area contributed by atoms with E-state index in [0.717, 1.165) is 37.3 Å². The van der Waals surface area contributed by atoms with E-state index in [1.165, 1.54) is 36.2 Å². The van der Waals surface area contributed by atoms with E-state index in [1.54, 1.807) is 32.3 Å². The van der Waals surface area contributed by atoms with Crippen LogP contribution in [-0.2, 0) is 10.3 Å². The van der Waals surface area contributed by atoms with Crippen molar-refractivity contribution in [3.63, 3.8) is 0 Å². The van der Waals surface area contributed by atoms with E-state index >= 15 is 0 Å². The second-order valence-electron chi connectivity index (χ2n) is 9.68. The molecular weight excluding hydrogens is 507 g/mol. The van der Waals surface area contributed by atoms with Gasteiger partial charge in [-0.15, -0.1) is 0 Å². The molecule has 1 aromatic carbocycles. The number of anilines is 1. The average Bonchev–Trinajstić information content (AvgIpc) is 2.87. The van der Waals surface area contributed by atoms with Crippen LogP contribution in [-0.4, -0.2) is 73.6 Å². The van der Waals surface area contributed by atoms with Crippen LogP contribution in [0.4, 0.5) is 19.0 Å². The molecule has 0 bridgehead atoms. The van der Waals surface area contributed by atoms with Crippen LogP contribution in [0.25, 0.3) is 0 Å². The van der Waals surface area contributed by atoms with Crippen molar-refractivity contribution < 1.29 is 22.8 Å². The largest absolute Gasteiger partial charge is 0.419 e. The normalized spacial score (nSPS) is 16.3. The number of hydrogen-bond acceptors (Lipinski definition) is 5. The molecule has 2 heterocycles. The lowest BCUT2D eigenvalue weighted by Crippen LogP contribution is -2.61. The monoisotopic (exact) mass is 539 g/mol. The number of carbonyl (C=O) groups excluding carboxylic acids is 2. The van der Waals surface area contributed by atoms with Crippen molar-refractivity contribution in [2.75, 3.05) is 45.7 Å². The minimum Gasteiger partial charge on any atom is -0.357 e. The number of alkyl halides is 3. The highest BCUT2D eigenvalue weighted by Crippen LogP contribution is 2.38. The van der Waals surface area contributed by atoms with Crippen molar-refractivity contribution in [1.82, 2.24) is 14.8 Å². The van der Waals surface area contributed by atoms with Crippen molar-refractivity contribution >= 4 is 29.2 Å². The molecule has 1 fully saturated rings. The van der Waals surface area contributed by atoms with Crippen molar-refractivity contribution in [3.05, 3.63) is 58.7 Å². The smallest absolute Gasteiger partial charge is 0.357 e. The number of likely N-dealkylation sites (N-methyl/N-ethyl adjacent to an activating group) is 1. The van der Waals surface area contributed by atoms with Crippen LogP contribution in [0, 0.1) is 5.92 Å². The molecule has 1 aliphatic heterocycles. The van der Waals surface area contributed by atoms with E-state index in [0.29, 0.717) is 23.7 Å². The first-order chi connectivity index (χ1) is 17.4.